The summed E-state index contributed by atoms with van der Waals surface area (Å²) < 4.78 is 5.24. The molecule has 0 aromatic heterocycles. The van der Waals surface area contributed by atoms with Crippen LogP contribution in [-0.2, 0) is 9.53 Å². The summed E-state index contributed by atoms with van der Waals surface area (Å²) in [5.74, 6) is 0.691. The van der Waals surface area contributed by atoms with Gasteiger partial charge >= 0.3 is 5.97 Å². The number of hydrogen-bond acceptors (Lipinski definition) is 3. The number of nitrogens with one attached hydrogen (secondary N) is 1. The molecule has 0 saturated carbocycles. The van der Waals surface area contributed by atoms with E-state index in [0.29, 0.717) is 11.8 Å². The van der Waals surface area contributed by atoms with E-state index in [1.807, 2.05) is 0 Å². The summed E-state index contributed by atoms with van der Waals surface area (Å²) >= 11 is 0. The molecule has 3 heteroatoms. The van der Waals surface area contributed by atoms with Crippen molar-refractivity contribution in [3.8, 4) is 0 Å². The highest BCUT2D eigenvalue weighted by Crippen LogP contribution is 2.19. The van der Waals surface area contributed by atoms with Gasteiger partial charge < -0.3 is 10.1 Å². The van der Waals surface area contributed by atoms with Crippen molar-refractivity contribution in [1.82, 2.24) is 5.32 Å². The Morgan fingerprint density at radius 3 is 2.25 bits per heavy atom. The second kappa shape index (κ2) is 3.90. The predicted molar refractivity (Wildman–Crippen MR) is 46.8 cm³/mol. The molecular formula is C9H17NO2. The number of carbonyl (C=O) groups excluding carboxylic acids is 1. The van der Waals surface area contributed by atoms with Crippen molar-refractivity contribution >= 4 is 5.97 Å². The van der Waals surface area contributed by atoms with E-state index in [0.717, 1.165) is 13.1 Å². The van der Waals surface area contributed by atoms with Crippen LogP contribution in [0.15, 0.2) is 0 Å². The molecule has 3 atom stereocenters. The normalized spacial score (nSPS) is 36.1. The van der Waals surface area contributed by atoms with E-state index in [1.54, 1.807) is 0 Å². The summed E-state index contributed by atoms with van der Waals surface area (Å²) in [6, 6.07) is 0. The van der Waals surface area contributed by atoms with Crippen LogP contribution in [0.4, 0.5) is 0 Å². The maximum absolute atomic E-state index is 10.8. The Balaban J connectivity index is 2.50. The number of piperidine rings is 1. The molecule has 70 valence electrons. The Morgan fingerprint density at radius 2 is 1.83 bits per heavy atom. The van der Waals surface area contributed by atoms with Gasteiger partial charge in [-0.1, -0.05) is 13.8 Å². The third kappa shape index (κ3) is 2.21. The van der Waals surface area contributed by atoms with Gasteiger partial charge in [0.25, 0.3) is 0 Å². The first-order valence-corrected chi connectivity index (χ1v) is 4.49. The van der Waals surface area contributed by atoms with E-state index in [9.17, 15) is 4.79 Å². The number of hydrogen-bond donors (Lipinski definition) is 1. The van der Waals surface area contributed by atoms with Crippen molar-refractivity contribution in [3.05, 3.63) is 0 Å². The van der Waals surface area contributed by atoms with E-state index in [2.05, 4.69) is 19.2 Å². The van der Waals surface area contributed by atoms with Crippen molar-refractivity contribution in [2.24, 2.45) is 11.8 Å². The molecule has 1 aliphatic rings. The Hall–Kier alpha value is -0.570. The van der Waals surface area contributed by atoms with Gasteiger partial charge in [-0.3, -0.25) is 4.79 Å². The number of esters is 1. The van der Waals surface area contributed by atoms with Crippen molar-refractivity contribution in [2.75, 3.05) is 13.1 Å². The second-order valence-corrected chi connectivity index (χ2v) is 3.69. The van der Waals surface area contributed by atoms with Crippen LogP contribution in [0.5, 0.6) is 0 Å². The third-order valence-corrected chi connectivity index (χ3v) is 2.36. The Bertz CT molecular complexity index is 160. The average molecular weight is 171 g/mol. The van der Waals surface area contributed by atoms with Gasteiger partial charge in [-0.25, -0.2) is 0 Å². The van der Waals surface area contributed by atoms with Crippen LogP contribution in [0.2, 0.25) is 0 Å². The quantitative estimate of drug-likeness (QED) is 0.593. The third-order valence-electron chi connectivity index (χ3n) is 2.36. The zero-order valence-corrected chi connectivity index (χ0v) is 7.96. The smallest absolute Gasteiger partial charge is 0.302 e. The largest absolute Gasteiger partial charge is 0.462 e. The summed E-state index contributed by atoms with van der Waals surface area (Å²) in [5.41, 5.74) is 0. The fraction of sp³-hybridized carbons (Fsp3) is 0.889. The minimum absolute atomic E-state index is 0.101. The molecule has 1 heterocycles. The van der Waals surface area contributed by atoms with Gasteiger partial charge in [-0.15, -0.1) is 0 Å². The van der Waals surface area contributed by atoms with Gasteiger partial charge in [-0.05, 0) is 0 Å². The summed E-state index contributed by atoms with van der Waals surface area (Å²) in [7, 11) is 0. The fourth-order valence-electron chi connectivity index (χ4n) is 1.76. The number of ether oxygens (including phenoxy) is 1. The van der Waals surface area contributed by atoms with Gasteiger partial charge in [0.1, 0.15) is 6.10 Å². The topological polar surface area (TPSA) is 38.3 Å². The lowest BCUT2D eigenvalue weighted by molar-refractivity contribution is -0.153. The molecule has 1 N–H and O–H groups in total. The molecule has 0 aromatic carbocycles. The first-order chi connectivity index (χ1) is 5.61. The standard InChI is InChI=1S/C9H17NO2/c1-6-4-10-5-7(2)9(6)12-8(3)11/h6-7,9-10H,4-5H2,1-3H3/t6-,7+,9+. The minimum Gasteiger partial charge on any atom is -0.462 e. The number of rotatable bonds is 1. The molecule has 1 saturated heterocycles. The molecule has 0 spiro atoms. The average Bonchev–Trinajstić information content (AvgIpc) is 1.97. The molecule has 0 aromatic rings. The summed E-state index contributed by atoms with van der Waals surface area (Å²) in [4.78, 5) is 10.8. The lowest BCUT2D eigenvalue weighted by Gasteiger charge is -2.34. The van der Waals surface area contributed by atoms with Crippen molar-refractivity contribution in [2.45, 2.75) is 26.9 Å². The van der Waals surface area contributed by atoms with E-state index in [1.165, 1.54) is 6.92 Å². The van der Waals surface area contributed by atoms with Gasteiger partial charge in [0.2, 0.25) is 0 Å². The molecular weight excluding hydrogens is 154 g/mol. The molecule has 12 heavy (non-hydrogen) atoms. The second-order valence-electron chi connectivity index (χ2n) is 3.69. The van der Waals surface area contributed by atoms with E-state index in [4.69, 9.17) is 4.74 Å². The van der Waals surface area contributed by atoms with E-state index >= 15 is 0 Å². The van der Waals surface area contributed by atoms with Crippen LogP contribution in [0.3, 0.4) is 0 Å². The molecule has 0 radical (unpaired) electrons. The highest BCUT2D eigenvalue weighted by atomic mass is 16.5. The lowest BCUT2D eigenvalue weighted by atomic mass is 9.89. The maximum atomic E-state index is 10.8. The summed E-state index contributed by atoms with van der Waals surface area (Å²) in [6.45, 7) is 7.58. The first kappa shape index (κ1) is 9.52. The van der Waals surface area contributed by atoms with E-state index in [-0.39, 0.29) is 12.1 Å². The fourth-order valence-corrected chi connectivity index (χ4v) is 1.76. The molecule has 1 rings (SSSR count). The minimum atomic E-state index is -0.166. The van der Waals surface area contributed by atoms with E-state index < -0.39 is 0 Å². The SMILES string of the molecule is CC(=O)O[C@H]1[C@H](C)CNC[C@@H]1C. The molecule has 0 unspecified atom stereocenters. The molecule has 1 aliphatic heterocycles. The molecule has 0 aliphatic carbocycles. The first-order valence-electron chi connectivity index (χ1n) is 4.49. The molecule has 1 fully saturated rings. The van der Waals surface area contributed by atoms with Crippen LogP contribution in [0.1, 0.15) is 20.8 Å². The van der Waals surface area contributed by atoms with Crippen LogP contribution < -0.4 is 5.32 Å². The highest BCUT2D eigenvalue weighted by Gasteiger charge is 2.29. The Morgan fingerprint density at radius 1 is 1.33 bits per heavy atom. The van der Waals surface area contributed by atoms with Crippen LogP contribution in [0.25, 0.3) is 0 Å². The molecule has 0 bridgehead atoms. The summed E-state index contributed by atoms with van der Waals surface area (Å²) in [5, 5.41) is 3.30. The van der Waals surface area contributed by atoms with Crippen LogP contribution in [0, 0.1) is 11.8 Å². The van der Waals surface area contributed by atoms with Crippen molar-refractivity contribution in [1.29, 1.82) is 0 Å². The molecule has 3 nitrogen and oxygen atoms in total. The van der Waals surface area contributed by atoms with Gasteiger partial charge in [-0.2, -0.15) is 0 Å². The van der Waals surface area contributed by atoms with Gasteiger partial charge in [0.15, 0.2) is 0 Å². The highest BCUT2D eigenvalue weighted by molar-refractivity contribution is 5.66. The Kier molecular flexibility index (Phi) is 3.09. The van der Waals surface area contributed by atoms with Crippen molar-refractivity contribution < 1.29 is 9.53 Å². The monoisotopic (exact) mass is 171 g/mol. The van der Waals surface area contributed by atoms with Gasteiger partial charge in [0, 0.05) is 31.8 Å². The van der Waals surface area contributed by atoms with Crippen LogP contribution in [-0.4, -0.2) is 25.2 Å². The number of carbonyl (C=O) groups is 1. The lowest BCUT2D eigenvalue weighted by Crippen LogP contribution is -2.46. The zero-order valence-electron chi connectivity index (χ0n) is 7.96. The molecule has 0 amide bonds. The summed E-state index contributed by atoms with van der Waals surface area (Å²) in [6.07, 6.45) is 0.101. The van der Waals surface area contributed by atoms with Crippen molar-refractivity contribution in [3.63, 3.8) is 0 Å². The van der Waals surface area contributed by atoms with Gasteiger partial charge in [0.05, 0.1) is 0 Å². The Labute approximate surface area is 73.5 Å². The predicted octanol–water partition coefficient (Wildman–Crippen LogP) is 0.793. The maximum Gasteiger partial charge on any atom is 0.302 e. The zero-order chi connectivity index (χ0) is 9.14. The van der Waals surface area contributed by atoms with Crippen LogP contribution >= 0.6 is 0 Å².